The van der Waals surface area contributed by atoms with Crippen molar-refractivity contribution in [2.75, 3.05) is 0 Å². The van der Waals surface area contributed by atoms with Crippen molar-refractivity contribution in [2.24, 2.45) is 0 Å². The molecule has 6 heavy (non-hydrogen) atoms. The standard InChI is InChI=1S/Bi.Er.Mo.3O/q;;;3*-2. The van der Waals surface area contributed by atoms with E-state index in [1.165, 1.54) is 0 Å². The molecule has 0 unspecified atom stereocenters. The summed E-state index contributed by atoms with van der Waals surface area (Å²) in [5.74, 6) is 0. The van der Waals surface area contributed by atoms with Gasteiger partial charge < -0.3 is 16.4 Å². The van der Waals surface area contributed by atoms with Crippen LogP contribution in [0.15, 0.2) is 0 Å². The summed E-state index contributed by atoms with van der Waals surface area (Å²) in [5, 5.41) is 0. The molecule has 0 atom stereocenters. The second-order valence-corrected chi connectivity index (χ2v) is 0. The van der Waals surface area contributed by atoms with Crippen molar-refractivity contribution in [3.63, 3.8) is 0 Å². The third-order valence-electron chi connectivity index (χ3n) is 0. The van der Waals surface area contributed by atoms with Gasteiger partial charge in [-0.1, -0.05) is 0 Å². The summed E-state index contributed by atoms with van der Waals surface area (Å²) in [5.41, 5.74) is 0. The third kappa shape index (κ3) is 29.9. The van der Waals surface area contributed by atoms with E-state index in [-0.39, 0.29) is 101 Å². The molecule has 0 spiro atoms. The maximum absolute atomic E-state index is 0. The first-order chi connectivity index (χ1) is 0. The molecule has 0 fully saturated rings. The summed E-state index contributed by atoms with van der Waals surface area (Å²) in [7, 11) is 0. The fraction of sp³-hybridized carbons (Fsp3) is 0. The minimum Gasteiger partial charge on any atom is -2.00 e. The molecule has 3 radical (unpaired) electrons. The van der Waals surface area contributed by atoms with E-state index in [2.05, 4.69) is 0 Å². The summed E-state index contributed by atoms with van der Waals surface area (Å²) in [6.45, 7) is 0. The second kappa shape index (κ2) is 47.4. The largest absolute Gasteiger partial charge is 2.00 e. The number of hydrogen-bond donors (Lipinski definition) is 0. The Kier molecular flexibility index (Phi) is 560. The Morgan fingerprint density at radius 2 is 0.667 bits per heavy atom. The zero-order valence-electron chi connectivity index (χ0n) is 2.37. The van der Waals surface area contributed by atoms with Gasteiger partial charge in [0.25, 0.3) is 0 Å². The quantitative estimate of drug-likeness (QED) is 0.378. The van der Waals surface area contributed by atoms with E-state index in [1.807, 2.05) is 0 Å². The van der Waals surface area contributed by atoms with Gasteiger partial charge in [-0.05, 0) is 0 Å². The van der Waals surface area contributed by atoms with Gasteiger partial charge in [-0.3, -0.25) is 0 Å². The molecule has 0 aromatic heterocycles. The van der Waals surface area contributed by atoms with Crippen LogP contribution in [0.2, 0.25) is 0 Å². The summed E-state index contributed by atoms with van der Waals surface area (Å²) in [4.78, 5) is 0. The van der Waals surface area contributed by atoms with Crippen LogP contribution >= 0.6 is 0 Å². The van der Waals surface area contributed by atoms with Crippen LogP contribution < -0.4 is 0 Å². The van der Waals surface area contributed by atoms with Gasteiger partial charge in [0, 0.05) is 84.6 Å². The first-order valence-electron chi connectivity index (χ1n) is 0. The molecule has 0 N–H and O–H groups in total. The topological polar surface area (TPSA) is 85.5 Å². The van der Waals surface area contributed by atoms with Crippen molar-refractivity contribution < 1.29 is 74.8 Å². The van der Waals surface area contributed by atoms with Crippen LogP contribution in [0.5, 0.6) is 0 Å². The summed E-state index contributed by atoms with van der Waals surface area (Å²) in [6.07, 6.45) is 0. The van der Waals surface area contributed by atoms with E-state index < -0.39 is 0 Å². The van der Waals surface area contributed by atoms with Crippen LogP contribution in [0.1, 0.15) is 0 Å². The summed E-state index contributed by atoms with van der Waals surface area (Å²) >= 11 is 0. The Morgan fingerprint density at radius 1 is 0.667 bits per heavy atom. The molecule has 0 amide bonds. The predicted octanol–water partition coefficient (Wildman–Crippen LogP) is -0.740. The SMILES string of the molecule is [Bi].[Er].[Mo].[O-2].[O-2].[O-2]. The van der Waals surface area contributed by atoms with E-state index in [0.717, 1.165) is 0 Å². The Balaban J connectivity index is 0. The van der Waals surface area contributed by atoms with Gasteiger partial charge in [-0.15, -0.1) is 0 Å². The molecule has 0 aromatic rings. The van der Waals surface area contributed by atoms with Gasteiger partial charge in [0.15, 0.2) is 0 Å². The first kappa shape index (κ1) is 70.8. The van der Waals surface area contributed by atoms with E-state index in [1.54, 1.807) is 0 Å². The van der Waals surface area contributed by atoms with Crippen LogP contribution in [0, 0.1) is 37.3 Å². The van der Waals surface area contributed by atoms with Gasteiger partial charge in [0.2, 0.25) is 0 Å². The monoisotopic (exact) mass is 521 g/mol. The maximum Gasteiger partial charge on any atom is 0 e. The van der Waals surface area contributed by atoms with Gasteiger partial charge in [-0.2, -0.15) is 0 Å². The third-order valence-corrected chi connectivity index (χ3v) is 0. The summed E-state index contributed by atoms with van der Waals surface area (Å²) < 4.78 is 0. The summed E-state index contributed by atoms with van der Waals surface area (Å²) in [6, 6.07) is 0. The Hall–Kier alpha value is 2.70. The molecule has 0 heterocycles. The average Bonchev–Trinajstić information content (AvgIpc) is 0. The molecule has 0 aliphatic heterocycles. The van der Waals surface area contributed by atoms with Crippen molar-refractivity contribution in [1.29, 1.82) is 0 Å². The molecular weight excluding hydrogens is 520 g/mol. The van der Waals surface area contributed by atoms with Crippen LogP contribution in [-0.4, -0.2) is 26.2 Å². The normalized spacial score (nSPS) is 0. The van der Waals surface area contributed by atoms with Gasteiger partial charge >= 0.3 is 0 Å². The Bertz CT molecular complexity index is 10.8. The molecule has 0 aliphatic carbocycles. The first-order valence-corrected chi connectivity index (χ1v) is 0. The van der Waals surface area contributed by atoms with E-state index >= 15 is 0 Å². The molecule has 0 saturated heterocycles. The molecule has 0 saturated carbocycles. The van der Waals surface area contributed by atoms with Crippen molar-refractivity contribution in [3.8, 4) is 0 Å². The minimum atomic E-state index is 0. The van der Waals surface area contributed by atoms with Crippen molar-refractivity contribution in [2.45, 2.75) is 0 Å². The molecule has 0 bridgehead atoms. The van der Waals surface area contributed by atoms with Gasteiger partial charge in [0.05, 0.1) is 0 Å². The van der Waals surface area contributed by atoms with Crippen molar-refractivity contribution >= 4 is 26.2 Å². The van der Waals surface area contributed by atoms with Crippen LogP contribution in [0.25, 0.3) is 0 Å². The van der Waals surface area contributed by atoms with E-state index in [4.69, 9.17) is 0 Å². The van der Waals surface area contributed by atoms with Gasteiger partial charge in [0.1, 0.15) is 0 Å². The fourth-order valence-electron chi connectivity index (χ4n) is 0. The van der Waals surface area contributed by atoms with Crippen molar-refractivity contribution in [3.05, 3.63) is 0 Å². The molecule has 47 valence electrons. The van der Waals surface area contributed by atoms with E-state index in [0.29, 0.717) is 0 Å². The molecule has 6 heteroatoms. The van der Waals surface area contributed by atoms with Crippen molar-refractivity contribution in [1.82, 2.24) is 0 Å². The van der Waals surface area contributed by atoms with Crippen LogP contribution in [0.3, 0.4) is 0 Å². The Morgan fingerprint density at radius 3 is 0.667 bits per heavy atom. The minimum absolute atomic E-state index is 0. The molecule has 3 nitrogen and oxygen atoms in total. The average molecular weight is 520 g/mol. The smallest absolute Gasteiger partial charge is 0 e. The molecule has 0 rings (SSSR count). The number of hydrogen-bond acceptors (Lipinski definition) is 0. The predicted molar refractivity (Wildman–Crippen MR) is 7.81 cm³/mol. The molecular formula is BiErMoO3-6. The second-order valence-electron chi connectivity index (χ2n) is 0. The fourth-order valence-corrected chi connectivity index (χ4v) is 0. The van der Waals surface area contributed by atoms with E-state index in [9.17, 15) is 0 Å². The molecule has 0 aliphatic rings. The zero-order chi connectivity index (χ0) is 0. The van der Waals surface area contributed by atoms with Crippen LogP contribution in [0.4, 0.5) is 0 Å². The molecule has 0 aromatic carbocycles. The number of rotatable bonds is 0. The van der Waals surface area contributed by atoms with Crippen LogP contribution in [-0.2, 0) is 37.5 Å². The zero-order valence-corrected chi connectivity index (χ0v) is 9.71. The maximum atomic E-state index is 0. The van der Waals surface area contributed by atoms with Gasteiger partial charge in [-0.25, -0.2) is 0 Å². The Labute approximate surface area is 99.2 Å².